The average molecular weight is 252 g/mol. The maximum absolute atomic E-state index is 11.8. The molecule has 0 amide bonds. The Balaban J connectivity index is 2.71. The lowest BCUT2D eigenvalue weighted by atomic mass is 10.2. The first-order valence-electron chi connectivity index (χ1n) is 5.21. The lowest BCUT2D eigenvalue weighted by Gasteiger charge is -2.11. The summed E-state index contributed by atoms with van der Waals surface area (Å²) < 4.78 is 26.1. The van der Waals surface area contributed by atoms with E-state index >= 15 is 0 Å². The smallest absolute Gasteiger partial charge is 0.216 e. The number of nitrogen functional groups attached to an aromatic ring is 1. The minimum absolute atomic E-state index is 0.0903. The number of benzene rings is 1. The minimum atomic E-state index is -3.37. The Kier molecular flexibility index (Phi) is 4.55. The zero-order valence-corrected chi connectivity index (χ0v) is 10.5. The van der Waals surface area contributed by atoms with E-state index in [2.05, 4.69) is 10.6 Å². The van der Waals surface area contributed by atoms with Gasteiger partial charge in [-0.15, -0.1) is 12.3 Å². The highest BCUT2D eigenvalue weighted by Gasteiger charge is 2.14. The number of hydrogen-bond donors (Lipinski definition) is 2. The van der Waals surface area contributed by atoms with E-state index in [1.807, 2.05) is 0 Å². The van der Waals surface area contributed by atoms with Crippen molar-refractivity contribution >= 4 is 15.7 Å². The summed E-state index contributed by atoms with van der Waals surface area (Å²) in [6.07, 6.45) is 5.49. The Morgan fingerprint density at radius 1 is 1.53 bits per heavy atom. The largest absolute Gasteiger partial charge is 0.399 e. The number of anilines is 1. The second-order valence-electron chi connectivity index (χ2n) is 3.93. The molecule has 0 aliphatic rings. The number of hydrogen-bond acceptors (Lipinski definition) is 3. The van der Waals surface area contributed by atoms with E-state index in [1.165, 1.54) is 0 Å². The monoisotopic (exact) mass is 252 g/mol. The van der Waals surface area contributed by atoms with Gasteiger partial charge in [0, 0.05) is 18.2 Å². The molecule has 0 bridgehead atoms. The number of nitrogens with one attached hydrogen (secondary N) is 1. The maximum Gasteiger partial charge on any atom is 0.216 e. The zero-order valence-electron chi connectivity index (χ0n) is 9.68. The van der Waals surface area contributed by atoms with E-state index < -0.39 is 10.0 Å². The molecule has 0 fully saturated rings. The Hall–Kier alpha value is -1.51. The molecule has 92 valence electrons. The standard InChI is InChI=1S/C12H16N2O2S/c1-3-5-10(2)14-17(15,16)9-11-6-4-7-12(13)8-11/h1,4,6-8,10,14H,5,9,13H2,2H3. The molecule has 1 unspecified atom stereocenters. The summed E-state index contributed by atoms with van der Waals surface area (Å²) in [4.78, 5) is 0. The predicted molar refractivity (Wildman–Crippen MR) is 69.5 cm³/mol. The van der Waals surface area contributed by atoms with E-state index in [9.17, 15) is 8.42 Å². The molecule has 17 heavy (non-hydrogen) atoms. The van der Waals surface area contributed by atoms with Crippen molar-refractivity contribution in [3.63, 3.8) is 0 Å². The Bertz CT molecular complexity index is 518. The molecule has 1 aromatic carbocycles. The molecule has 0 aliphatic carbocycles. The van der Waals surface area contributed by atoms with Gasteiger partial charge < -0.3 is 5.73 Å². The molecule has 0 radical (unpaired) electrons. The fourth-order valence-electron chi connectivity index (χ4n) is 1.47. The quantitative estimate of drug-likeness (QED) is 0.609. The van der Waals surface area contributed by atoms with Crippen molar-refractivity contribution < 1.29 is 8.42 Å². The van der Waals surface area contributed by atoms with Crippen LogP contribution < -0.4 is 10.5 Å². The summed E-state index contributed by atoms with van der Waals surface area (Å²) >= 11 is 0. The highest BCUT2D eigenvalue weighted by atomic mass is 32.2. The van der Waals surface area contributed by atoms with Gasteiger partial charge in [0.1, 0.15) is 0 Å². The van der Waals surface area contributed by atoms with Gasteiger partial charge in [-0.2, -0.15) is 0 Å². The molecule has 1 atom stereocenters. The molecule has 4 nitrogen and oxygen atoms in total. The van der Waals surface area contributed by atoms with Crippen LogP contribution in [-0.2, 0) is 15.8 Å². The summed E-state index contributed by atoms with van der Waals surface area (Å²) in [5.74, 6) is 2.33. The van der Waals surface area contributed by atoms with Gasteiger partial charge >= 0.3 is 0 Å². The second kappa shape index (κ2) is 5.71. The van der Waals surface area contributed by atoms with E-state index in [-0.39, 0.29) is 11.8 Å². The normalized spacial score (nSPS) is 12.9. The molecule has 0 saturated heterocycles. The highest BCUT2D eigenvalue weighted by molar-refractivity contribution is 7.88. The predicted octanol–water partition coefficient (Wildman–Crippen LogP) is 1.10. The van der Waals surface area contributed by atoms with Crippen LogP contribution in [0.4, 0.5) is 5.69 Å². The Morgan fingerprint density at radius 2 is 2.24 bits per heavy atom. The third-order valence-corrected chi connectivity index (χ3v) is 3.59. The molecule has 0 spiro atoms. The van der Waals surface area contributed by atoms with Crippen molar-refractivity contribution in [1.82, 2.24) is 4.72 Å². The van der Waals surface area contributed by atoms with E-state index in [0.29, 0.717) is 17.7 Å². The number of nitrogens with two attached hydrogens (primary N) is 1. The van der Waals surface area contributed by atoms with Crippen molar-refractivity contribution in [3.05, 3.63) is 29.8 Å². The number of terminal acetylenes is 1. The van der Waals surface area contributed by atoms with Crippen LogP contribution in [0.5, 0.6) is 0 Å². The lowest BCUT2D eigenvalue weighted by Crippen LogP contribution is -2.33. The molecule has 5 heteroatoms. The van der Waals surface area contributed by atoms with Crippen LogP contribution in [0.2, 0.25) is 0 Å². The van der Waals surface area contributed by atoms with E-state index in [1.54, 1.807) is 31.2 Å². The fraction of sp³-hybridized carbons (Fsp3) is 0.333. The second-order valence-corrected chi connectivity index (χ2v) is 5.69. The Labute approximate surface area is 102 Å². The summed E-state index contributed by atoms with van der Waals surface area (Å²) in [5, 5.41) is 0. The van der Waals surface area contributed by atoms with E-state index in [0.717, 1.165) is 0 Å². The number of sulfonamides is 1. The molecule has 0 aliphatic heterocycles. The first-order valence-corrected chi connectivity index (χ1v) is 6.86. The Morgan fingerprint density at radius 3 is 2.82 bits per heavy atom. The van der Waals surface area contributed by atoms with Crippen molar-refractivity contribution in [2.45, 2.75) is 25.1 Å². The molecule has 0 saturated carbocycles. The molecule has 3 N–H and O–H groups in total. The topological polar surface area (TPSA) is 72.2 Å². The summed E-state index contributed by atoms with van der Waals surface area (Å²) in [5.41, 5.74) is 6.79. The van der Waals surface area contributed by atoms with Crippen molar-refractivity contribution in [2.24, 2.45) is 0 Å². The molecule has 1 aromatic rings. The SMILES string of the molecule is C#CCC(C)NS(=O)(=O)Cc1cccc(N)c1. The third kappa shape index (κ3) is 4.89. The first-order chi connectivity index (χ1) is 7.93. The van der Waals surface area contributed by atoms with Crippen molar-refractivity contribution in [3.8, 4) is 12.3 Å². The lowest BCUT2D eigenvalue weighted by molar-refractivity contribution is 0.563. The van der Waals surface area contributed by atoms with Crippen molar-refractivity contribution in [2.75, 3.05) is 5.73 Å². The molecule has 0 heterocycles. The van der Waals surface area contributed by atoms with Gasteiger partial charge in [0.05, 0.1) is 5.75 Å². The average Bonchev–Trinajstić information content (AvgIpc) is 2.15. The first kappa shape index (κ1) is 13.6. The molecule has 0 aromatic heterocycles. The van der Waals surface area contributed by atoms with Crippen LogP contribution in [0.1, 0.15) is 18.9 Å². The fourth-order valence-corrected chi connectivity index (χ4v) is 2.87. The van der Waals surface area contributed by atoms with Gasteiger partial charge in [-0.1, -0.05) is 12.1 Å². The van der Waals surface area contributed by atoms with Crippen LogP contribution in [-0.4, -0.2) is 14.5 Å². The van der Waals surface area contributed by atoms with Crippen LogP contribution in [0.15, 0.2) is 24.3 Å². The van der Waals surface area contributed by atoms with Gasteiger partial charge in [-0.3, -0.25) is 0 Å². The molecular weight excluding hydrogens is 236 g/mol. The van der Waals surface area contributed by atoms with Gasteiger partial charge in [0.15, 0.2) is 0 Å². The van der Waals surface area contributed by atoms with E-state index in [4.69, 9.17) is 12.2 Å². The summed E-state index contributed by atoms with van der Waals surface area (Å²) in [6, 6.07) is 6.55. The van der Waals surface area contributed by atoms with Crippen molar-refractivity contribution in [1.29, 1.82) is 0 Å². The molecule has 1 rings (SSSR count). The third-order valence-electron chi connectivity index (χ3n) is 2.11. The van der Waals surface area contributed by atoms with Crippen LogP contribution in [0.25, 0.3) is 0 Å². The summed E-state index contributed by atoms with van der Waals surface area (Å²) in [7, 11) is -3.37. The summed E-state index contributed by atoms with van der Waals surface area (Å²) in [6.45, 7) is 1.73. The van der Waals surface area contributed by atoms with Gasteiger partial charge in [-0.25, -0.2) is 13.1 Å². The maximum atomic E-state index is 11.8. The zero-order chi connectivity index (χ0) is 12.9. The van der Waals surface area contributed by atoms with Crippen LogP contribution in [0, 0.1) is 12.3 Å². The van der Waals surface area contributed by atoms with Crippen LogP contribution in [0.3, 0.4) is 0 Å². The minimum Gasteiger partial charge on any atom is -0.399 e. The molecular formula is C12H16N2O2S. The number of rotatable bonds is 5. The van der Waals surface area contributed by atoms with Gasteiger partial charge in [0.2, 0.25) is 10.0 Å². The van der Waals surface area contributed by atoms with Gasteiger partial charge in [-0.05, 0) is 24.6 Å². The van der Waals surface area contributed by atoms with Crippen LogP contribution >= 0.6 is 0 Å². The highest BCUT2D eigenvalue weighted by Crippen LogP contribution is 2.10. The van der Waals surface area contributed by atoms with Gasteiger partial charge in [0.25, 0.3) is 0 Å².